The zero-order chi connectivity index (χ0) is 11.7. The number of nitrogens with two attached hydrogens (primary N) is 1. The summed E-state index contributed by atoms with van der Waals surface area (Å²) in [7, 11) is 0. The lowest BCUT2D eigenvalue weighted by Gasteiger charge is -2.28. The number of aromatic amines is 1. The molecule has 2 heterocycles. The number of H-pyrrole nitrogens is 1. The molecule has 98 valence electrons. The Morgan fingerprint density at radius 3 is 2.72 bits per heavy atom. The van der Waals surface area contributed by atoms with Crippen molar-refractivity contribution < 1.29 is 0 Å². The van der Waals surface area contributed by atoms with Crippen LogP contribution in [0.4, 0.5) is 0 Å². The van der Waals surface area contributed by atoms with Gasteiger partial charge < -0.3 is 16.0 Å². The maximum atomic E-state index is 6.39. The van der Waals surface area contributed by atoms with Gasteiger partial charge in [-0.3, -0.25) is 0 Å². The number of halogens is 1. The summed E-state index contributed by atoms with van der Waals surface area (Å²) < 4.78 is 0. The average Bonchev–Trinajstić information content (AvgIpc) is 2.86. The molecule has 0 unspecified atom stereocenters. The molecule has 0 amide bonds. The predicted molar refractivity (Wildman–Crippen MR) is 78.1 cm³/mol. The fourth-order valence-electron chi connectivity index (χ4n) is 2.75. The van der Waals surface area contributed by atoms with Gasteiger partial charge in [-0.15, -0.1) is 12.4 Å². The highest BCUT2D eigenvalue weighted by Crippen LogP contribution is 2.28. The molecular weight excluding hydrogens is 246 g/mol. The van der Waals surface area contributed by atoms with E-state index in [9.17, 15) is 0 Å². The lowest BCUT2D eigenvalue weighted by atomic mass is 9.86. The Bertz CT molecular complexity index is 502. The summed E-state index contributed by atoms with van der Waals surface area (Å²) in [6.45, 7) is 2.20. The van der Waals surface area contributed by atoms with Crippen LogP contribution in [0.25, 0.3) is 10.9 Å². The van der Waals surface area contributed by atoms with Gasteiger partial charge in [0, 0.05) is 17.8 Å². The van der Waals surface area contributed by atoms with Crippen molar-refractivity contribution in [2.45, 2.75) is 18.9 Å². The molecule has 0 bridgehead atoms. The third kappa shape index (κ3) is 2.53. The molecule has 0 spiro atoms. The first-order chi connectivity index (χ1) is 8.34. The number of aromatic nitrogens is 1. The molecule has 1 fully saturated rings. The van der Waals surface area contributed by atoms with Crippen LogP contribution in [0.5, 0.6) is 0 Å². The molecular formula is C14H20ClN3. The van der Waals surface area contributed by atoms with Crippen LogP contribution in [0.15, 0.2) is 30.5 Å². The second kappa shape index (κ2) is 5.74. The first-order valence-corrected chi connectivity index (χ1v) is 6.38. The van der Waals surface area contributed by atoms with Crippen LogP contribution in [-0.2, 0) is 0 Å². The molecule has 1 aromatic carbocycles. The van der Waals surface area contributed by atoms with Crippen LogP contribution >= 0.6 is 12.4 Å². The van der Waals surface area contributed by atoms with E-state index in [-0.39, 0.29) is 18.4 Å². The first kappa shape index (κ1) is 13.4. The Hall–Kier alpha value is -1.03. The number of nitrogens with one attached hydrogen (secondary N) is 2. The minimum absolute atomic E-state index is 0. The second-order valence-corrected chi connectivity index (χ2v) is 4.94. The van der Waals surface area contributed by atoms with E-state index in [0.29, 0.717) is 5.92 Å². The summed E-state index contributed by atoms with van der Waals surface area (Å²) in [5.41, 5.74) is 8.85. The van der Waals surface area contributed by atoms with Gasteiger partial charge in [0.25, 0.3) is 0 Å². The topological polar surface area (TPSA) is 53.8 Å². The number of piperidine rings is 1. The van der Waals surface area contributed by atoms with E-state index in [2.05, 4.69) is 34.6 Å². The standard InChI is InChI=1S/C14H19N3.ClH/c15-14(10-3-6-16-7-4-10)12-1-2-13-11(9-12)5-8-17-13;/h1-2,5,8-10,14,16-17H,3-4,6-7,15H2;1H/t14-;/m1./s1. The second-order valence-electron chi connectivity index (χ2n) is 4.94. The number of benzene rings is 1. The lowest BCUT2D eigenvalue weighted by molar-refractivity contribution is 0.322. The van der Waals surface area contributed by atoms with E-state index in [1.807, 2.05) is 6.20 Å². The highest BCUT2D eigenvalue weighted by molar-refractivity contribution is 5.85. The number of rotatable bonds is 2. The van der Waals surface area contributed by atoms with Gasteiger partial charge in [-0.25, -0.2) is 0 Å². The number of fused-ring (bicyclic) bond motifs is 1. The Morgan fingerprint density at radius 2 is 1.94 bits per heavy atom. The van der Waals surface area contributed by atoms with Gasteiger partial charge in [0.15, 0.2) is 0 Å². The minimum Gasteiger partial charge on any atom is -0.361 e. The normalized spacial score (nSPS) is 18.5. The summed E-state index contributed by atoms with van der Waals surface area (Å²) in [6.07, 6.45) is 4.35. The first-order valence-electron chi connectivity index (χ1n) is 6.38. The number of hydrogen-bond acceptors (Lipinski definition) is 2. The smallest absolute Gasteiger partial charge is 0.0454 e. The fourth-order valence-corrected chi connectivity index (χ4v) is 2.75. The summed E-state index contributed by atoms with van der Waals surface area (Å²) >= 11 is 0. The van der Waals surface area contributed by atoms with E-state index in [1.54, 1.807) is 0 Å². The van der Waals surface area contributed by atoms with Gasteiger partial charge in [0.2, 0.25) is 0 Å². The van der Waals surface area contributed by atoms with Gasteiger partial charge in [-0.05, 0) is 61.0 Å². The average molecular weight is 266 g/mol. The van der Waals surface area contributed by atoms with Crippen molar-refractivity contribution in [3.63, 3.8) is 0 Å². The molecule has 3 nitrogen and oxygen atoms in total. The van der Waals surface area contributed by atoms with Crippen LogP contribution < -0.4 is 11.1 Å². The van der Waals surface area contributed by atoms with Crippen LogP contribution in [0.3, 0.4) is 0 Å². The Kier molecular flexibility index (Phi) is 4.27. The Labute approximate surface area is 114 Å². The van der Waals surface area contributed by atoms with Crippen LogP contribution in [0.1, 0.15) is 24.4 Å². The van der Waals surface area contributed by atoms with Gasteiger partial charge in [0.1, 0.15) is 0 Å². The summed E-state index contributed by atoms with van der Waals surface area (Å²) in [5, 5.41) is 4.64. The van der Waals surface area contributed by atoms with Crippen LogP contribution in [0.2, 0.25) is 0 Å². The molecule has 4 N–H and O–H groups in total. The molecule has 1 aromatic heterocycles. The predicted octanol–water partition coefficient (Wildman–Crippen LogP) is 2.59. The SMILES string of the molecule is Cl.N[C@@H](c1ccc2[nH]ccc2c1)C1CCNCC1. The third-order valence-corrected chi connectivity index (χ3v) is 3.85. The van der Waals surface area contributed by atoms with Gasteiger partial charge in [0.05, 0.1) is 0 Å². The third-order valence-electron chi connectivity index (χ3n) is 3.85. The highest BCUT2D eigenvalue weighted by atomic mass is 35.5. The Balaban J connectivity index is 0.00000120. The van der Waals surface area contributed by atoms with E-state index in [0.717, 1.165) is 13.1 Å². The largest absolute Gasteiger partial charge is 0.361 e. The molecule has 1 saturated heterocycles. The molecule has 0 radical (unpaired) electrons. The zero-order valence-corrected chi connectivity index (χ0v) is 11.2. The van der Waals surface area contributed by atoms with Crippen LogP contribution in [-0.4, -0.2) is 18.1 Å². The molecule has 2 aromatic rings. The molecule has 1 atom stereocenters. The molecule has 1 aliphatic heterocycles. The van der Waals surface area contributed by atoms with Crippen molar-refractivity contribution in [3.8, 4) is 0 Å². The molecule has 0 aliphatic carbocycles. The molecule has 0 saturated carbocycles. The van der Waals surface area contributed by atoms with Crippen molar-refractivity contribution in [3.05, 3.63) is 36.0 Å². The minimum atomic E-state index is 0. The van der Waals surface area contributed by atoms with Crippen molar-refractivity contribution in [1.29, 1.82) is 0 Å². The van der Waals surface area contributed by atoms with Crippen molar-refractivity contribution >= 4 is 23.3 Å². The summed E-state index contributed by atoms with van der Waals surface area (Å²) in [6, 6.07) is 8.79. The number of hydrogen-bond donors (Lipinski definition) is 3. The van der Waals surface area contributed by atoms with Crippen molar-refractivity contribution in [2.24, 2.45) is 11.7 Å². The van der Waals surface area contributed by atoms with Gasteiger partial charge in [-0.1, -0.05) is 6.07 Å². The van der Waals surface area contributed by atoms with Gasteiger partial charge in [-0.2, -0.15) is 0 Å². The molecule has 1 aliphatic rings. The van der Waals surface area contributed by atoms with E-state index < -0.39 is 0 Å². The zero-order valence-electron chi connectivity index (χ0n) is 10.4. The van der Waals surface area contributed by atoms with E-state index >= 15 is 0 Å². The summed E-state index contributed by atoms with van der Waals surface area (Å²) in [4.78, 5) is 3.21. The summed E-state index contributed by atoms with van der Waals surface area (Å²) in [5.74, 6) is 0.618. The molecule has 3 rings (SSSR count). The van der Waals surface area contributed by atoms with E-state index in [4.69, 9.17) is 5.73 Å². The lowest BCUT2D eigenvalue weighted by Crippen LogP contribution is -2.33. The maximum Gasteiger partial charge on any atom is 0.0454 e. The Morgan fingerprint density at radius 1 is 1.17 bits per heavy atom. The van der Waals surface area contributed by atoms with Gasteiger partial charge >= 0.3 is 0 Å². The monoisotopic (exact) mass is 265 g/mol. The maximum absolute atomic E-state index is 6.39. The molecule has 18 heavy (non-hydrogen) atoms. The van der Waals surface area contributed by atoms with Crippen molar-refractivity contribution in [1.82, 2.24) is 10.3 Å². The van der Waals surface area contributed by atoms with Crippen molar-refractivity contribution in [2.75, 3.05) is 13.1 Å². The quantitative estimate of drug-likeness (QED) is 0.782. The van der Waals surface area contributed by atoms with Crippen LogP contribution in [0, 0.1) is 5.92 Å². The highest BCUT2D eigenvalue weighted by Gasteiger charge is 2.21. The van der Waals surface area contributed by atoms with E-state index in [1.165, 1.54) is 29.3 Å². The molecule has 4 heteroatoms. The fraction of sp³-hybridized carbons (Fsp3) is 0.429.